The van der Waals surface area contributed by atoms with Gasteiger partial charge in [-0.15, -0.1) is 0 Å². The first-order chi connectivity index (χ1) is 16.9. The predicted octanol–water partition coefficient (Wildman–Crippen LogP) is 3.37. The Balaban J connectivity index is 1.41. The fourth-order valence-corrected chi connectivity index (χ4v) is 8.21. The molecule has 0 aliphatic heterocycles. The van der Waals surface area contributed by atoms with E-state index >= 15 is 0 Å². The van der Waals surface area contributed by atoms with Crippen LogP contribution in [-0.4, -0.2) is 57.1 Å². The van der Waals surface area contributed by atoms with Crippen LogP contribution in [-0.2, 0) is 23.9 Å². The van der Waals surface area contributed by atoms with Crippen molar-refractivity contribution < 1.29 is 39.2 Å². The molecule has 4 aliphatic rings. The molecule has 4 rings (SSSR count). The number of hydrogen-bond acceptors (Lipinski definition) is 7. The first-order valence-electron chi connectivity index (χ1n) is 13.5. The fraction of sp³-hybridized carbons (Fsp3) is 0.786. The van der Waals surface area contributed by atoms with Gasteiger partial charge in [0.2, 0.25) is 5.78 Å². The Morgan fingerprint density at radius 1 is 1.06 bits per heavy atom. The summed E-state index contributed by atoms with van der Waals surface area (Å²) in [6.07, 6.45) is 6.94. The lowest BCUT2D eigenvalue weighted by Crippen LogP contribution is -2.62. The Kier molecular flexibility index (Phi) is 7.50. The van der Waals surface area contributed by atoms with Gasteiger partial charge in [0.1, 0.15) is 5.60 Å². The van der Waals surface area contributed by atoms with Crippen LogP contribution in [0.15, 0.2) is 11.6 Å². The number of ketones is 2. The quantitative estimate of drug-likeness (QED) is 0.321. The molecular formula is C28H40O8. The molecule has 0 heterocycles. The van der Waals surface area contributed by atoms with E-state index in [1.807, 2.05) is 6.92 Å². The van der Waals surface area contributed by atoms with Crippen LogP contribution < -0.4 is 0 Å². The topological polar surface area (TPSA) is 138 Å². The van der Waals surface area contributed by atoms with Gasteiger partial charge in [0.25, 0.3) is 0 Å². The van der Waals surface area contributed by atoms with Crippen LogP contribution in [0.25, 0.3) is 0 Å². The Bertz CT molecular complexity index is 955. The van der Waals surface area contributed by atoms with Crippen LogP contribution >= 0.6 is 0 Å². The molecule has 7 unspecified atom stereocenters. The van der Waals surface area contributed by atoms with Gasteiger partial charge in [-0.05, 0) is 80.6 Å². The molecule has 0 spiro atoms. The standard InChI is InChI=1S/C28H40O8/c1-26-12-10-18(29)14-17(26)8-9-19-20-11-13-28(35,27(20,2)15-21(30)25(19)26)22(31)16-36-24(34)7-5-3-4-6-23(32)33/h14,19-21,25,30,35H,3-13,15-16H2,1-2H3,(H,32,33). The number of aliphatic hydroxyl groups is 2. The smallest absolute Gasteiger partial charge is 0.306 e. The molecule has 8 nitrogen and oxygen atoms in total. The molecule has 36 heavy (non-hydrogen) atoms. The van der Waals surface area contributed by atoms with E-state index in [1.54, 1.807) is 6.08 Å². The molecule has 0 radical (unpaired) electrons. The van der Waals surface area contributed by atoms with Crippen LogP contribution in [0.1, 0.15) is 90.9 Å². The number of aliphatic carboxylic acids is 1. The van der Waals surface area contributed by atoms with E-state index in [0.29, 0.717) is 38.5 Å². The number of Topliss-reactive ketones (excluding diaryl/α,β-unsaturated/α-hetero) is 1. The van der Waals surface area contributed by atoms with Crippen LogP contribution in [0, 0.1) is 28.6 Å². The van der Waals surface area contributed by atoms with Crippen molar-refractivity contribution in [1.82, 2.24) is 0 Å². The van der Waals surface area contributed by atoms with E-state index in [4.69, 9.17) is 9.84 Å². The number of ether oxygens (including phenoxy) is 1. The molecule has 3 saturated carbocycles. The highest BCUT2D eigenvalue weighted by molar-refractivity contribution is 5.92. The summed E-state index contributed by atoms with van der Waals surface area (Å²) < 4.78 is 5.20. The second-order valence-corrected chi connectivity index (χ2v) is 12.0. The van der Waals surface area contributed by atoms with Gasteiger partial charge in [-0.3, -0.25) is 19.2 Å². The van der Waals surface area contributed by atoms with Gasteiger partial charge in [0, 0.05) is 24.7 Å². The van der Waals surface area contributed by atoms with Crippen molar-refractivity contribution in [3.8, 4) is 0 Å². The molecule has 4 aliphatic carbocycles. The average molecular weight is 505 g/mol. The SMILES string of the molecule is CC12CCC(=O)C=C1CCC1C2C(O)CC2(C)C1CCC2(O)C(=O)COC(=O)CCCCCC(=O)O. The van der Waals surface area contributed by atoms with Gasteiger partial charge < -0.3 is 20.1 Å². The summed E-state index contributed by atoms with van der Waals surface area (Å²) in [5.74, 6) is -1.52. The number of fused-ring (bicyclic) bond motifs is 5. The van der Waals surface area contributed by atoms with E-state index in [1.165, 1.54) is 0 Å². The number of unbranched alkanes of at least 4 members (excludes halogenated alkanes) is 2. The van der Waals surface area contributed by atoms with Crippen molar-refractivity contribution >= 4 is 23.5 Å². The van der Waals surface area contributed by atoms with Crippen molar-refractivity contribution in [2.45, 2.75) is 103 Å². The van der Waals surface area contributed by atoms with Gasteiger partial charge >= 0.3 is 11.9 Å². The normalized spacial score (nSPS) is 39.4. The fourth-order valence-electron chi connectivity index (χ4n) is 8.21. The van der Waals surface area contributed by atoms with E-state index < -0.39 is 41.4 Å². The molecule has 0 aromatic rings. The van der Waals surface area contributed by atoms with Crippen molar-refractivity contribution in [3.63, 3.8) is 0 Å². The van der Waals surface area contributed by atoms with Gasteiger partial charge in [0.15, 0.2) is 12.4 Å². The molecular weight excluding hydrogens is 464 g/mol. The third kappa shape index (κ3) is 4.55. The Morgan fingerprint density at radius 3 is 2.50 bits per heavy atom. The maximum absolute atomic E-state index is 13.3. The number of carboxylic acid groups (broad SMARTS) is 1. The third-order valence-electron chi connectivity index (χ3n) is 10.1. The van der Waals surface area contributed by atoms with Crippen LogP contribution in [0.2, 0.25) is 0 Å². The molecule has 200 valence electrons. The minimum absolute atomic E-state index is 0.0000758. The monoisotopic (exact) mass is 504 g/mol. The maximum Gasteiger partial charge on any atom is 0.306 e. The molecule has 0 saturated heterocycles. The van der Waals surface area contributed by atoms with Gasteiger partial charge in [0.05, 0.1) is 6.10 Å². The number of carboxylic acids is 1. The summed E-state index contributed by atoms with van der Waals surface area (Å²) >= 11 is 0. The zero-order valence-electron chi connectivity index (χ0n) is 21.5. The summed E-state index contributed by atoms with van der Waals surface area (Å²) in [4.78, 5) is 48.0. The molecule has 0 bridgehead atoms. The summed E-state index contributed by atoms with van der Waals surface area (Å²) in [7, 11) is 0. The maximum atomic E-state index is 13.3. The lowest BCUT2D eigenvalue weighted by atomic mass is 9.45. The number of carbonyl (C=O) groups is 4. The third-order valence-corrected chi connectivity index (χ3v) is 10.1. The molecule has 3 N–H and O–H groups in total. The predicted molar refractivity (Wildman–Crippen MR) is 130 cm³/mol. The number of esters is 1. The van der Waals surface area contributed by atoms with Gasteiger partial charge in [-0.25, -0.2) is 0 Å². The molecule has 7 atom stereocenters. The zero-order valence-corrected chi connectivity index (χ0v) is 21.5. The van der Waals surface area contributed by atoms with Gasteiger partial charge in [-0.1, -0.05) is 25.8 Å². The first-order valence-corrected chi connectivity index (χ1v) is 13.5. The molecule has 0 amide bonds. The number of aliphatic hydroxyl groups excluding tert-OH is 1. The molecule has 0 aromatic heterocycles. The summed E-state index contributed by atoms with van der Waals surface area (Å²) in [6.45, 7) is 3.58. The Morgan fingerprint density at radius 2 is 1.78 bits per heavy atom. The van der Waals surface area contributed by atoms with Crippen molar-refractivity contribution in [2.75, 3.05) is 6.61 Å². The lowest BCUT2D eigenvalue weighted by molar-refractivity contribution is -0.184. The van der Waals surface area contributed by atoms with Crippen molar-refractivity contribution in [2.24, 2.45) is 28.6 Å². The minimum atomic E-state index is -1.66. The number of hydrogen-bond donors (Lipinski definition) is 3. The number of rotatable bonds is 9. The second kappa shape index (κ2) is 10.0. The van der Waals surface area contributed by atoms with E-state index in [2.05, 4.69) is 6.92 Å². The highest BCUT2D eigenvalue weighted by Crippen LogP contribution is 2.67. The Labute approximate surface area is 212 Å². The van der Waals surface area contributed by atoms with E-state index in [0.717, 1.165) is 24.8 Å². The lowest BCUT2D eigenvalue weighted by Gasteiger charge is -2.60. The van der Waals surface area contributed by atoms with Crippen LogP contribution in [0.4, 0.5) is 0 Å². The summed E-state index contributed by atoms with van der Waals surface area (Å²) in [5.41, 5.74) is -1.56. The van der Waals surface area contributed by atoms with E-state index in [9.17, 15) is 29.4 Å². The van der Waals surface area contributed by atoms with Crippen LogP contribution in [0.3, 0.4) is 0 Å². The van der Waals surface area contributed by atoms with Crippen molar-refractivity contribution in [1.29, 1.82) is 0 Å². The molecule has 3 fully saturated rings. The molecule has 0 aromatic carbocycles. The summed E-state index contributed by atoms with van der Waals surface area (Å²) in [5, 5.41) is 31.8. The minimum Gasteiger partial charge on any atom is -0.481 e. The van der Waals surface area contributed by atoms with Gasteiger partial charge in [-0.2, -0.15) is 0 Å². The number of carbonyl (C=O) groups excluding carboxylic acids is 3. The summed E-state index contributed by atoms with van der Waals surface area (Å²) in [6, 6.07) is 0. The van der Waals surface area contributed by atoms with E-state index in [-0.39, 0.29) is 48.2 Å². The first kappa shape index (κ1) is 27.0. The highest BCUT2D eigenvalue weighted by Gasteiger charge is 2.68. The zero-order chi connectivity index (χ0) is 26.3. The second-order valence-electron chi connectivity index (χ2n) is 12.0. The molecule has 8 heteroatoms. The van der Waals surface area contributed by atoms with Crippen LogP contribution in [0.5, 0.6) is 0 Å². The average Bonchev–Trinajstić information content (AvgIpc) is 3.08. The highest BCUT2D eigenvalue weighted by atomic mass is 16.5. The van der Waals surface area contributed by atoms with Crippen molar-refractivity contribution in [3.05, 3.63) is 11.6 Å². The largest absolute Gasteiger partial charge is 0.481 e. The Hall–Kier alpha value is -2.06. The number of allylic oxidation sites excluding steroid dienone is 1.